The molecule has 1 fully saturated rings. The van der Waals surface area contributed by atoms with E-state index in [0.717, 1.165) is 25.1 Å². The molecule has 0 bridgehead atoms. The van der Waals surface area contributed by atoms with E-state index in [4.69, 9.17) is 11.6 Å². The smallest absolute Gasteiger partial charge is 0.244 e. The molecule has 1 aromatic heterocycles. The van der Waals surface area contributed by atoms with Gasteiger partial charge < -0.3 is 4.57 Å². The third kappa shape index (κ3) is 3.15. The quantitative estimate of drug-likeness (QED) is 0.727. The van der Waals surface area contributed by atoms with E-state index in [0.29, 0.717) is 29.8 Å². The minimum atomic E-state index is -3.37. The van der Waals surface area contributed by atoms with Crippen LogP contribution >= 0.6 is 11.6 Å². The molecule has 0 saturated heterocycles. The second-order valence-electron chi connectivity index (χ2n) is 4.99. The number of alkyl halides is 1. The molecule has 1 heterocycles. The summed E-state index contributed by atoms with van der Waals surface area (Å²) >= 11 is 5.85. The van der Waals surface area contributed by atoms with E-state index < -0.39 is 10.0 Å². The SMILES string of the molecule is CCN(CC1CC1)S(=O)(=O)c1cc(CCl)n(CC)c1. The molecule has 19 heavy (non-hydrogen) atoms. The molecular weight excluding hydrogens is 284 g/mol. The van der Waals surface area contributed by atoms with Gasteiger partial charge in [-0.2, -0.15) is 4.31 Å². The second-order valence-corrected chi connectivity index (χ2v) is 7.19. The van der Waals surface area contributed by atoms with Gasteiger partial charge in [0.25, 0.3) is 0 Å². The lowest BCUT2D eigenvalue weighted by atomic mass is 10.4. The highest BCUT2D eigenvalue weighted by molar-refractivity contribution is 7.89. The summed E-state index contributed by atoms with van der Waals surface area (Å²) in [6.07, 6.45) is 3.99. The number of halogens is 1. The molecule has 0 radical (unpaired) electrons. The van der Waals surface area contributed by atoms with Crippen LogP contribution in [0.3, 0.4) is 0 Å². The van der Waals surface area contributed by atoms with Gasteiger partial charge in [-0.3, -0.25) is 0 Å². The van der Waals surface area contributed by atoms with Crippen LogP contribution in [0.15, 0.2) is 17.2 Å². The first-order valence-electron chi connectivity index (χ1n) is 6.78. The molecule has 2 rings (SSSR count). The summed E-state index contributed by atoms with van der Waals surface area (Å²) in [5.74, 6) is 0.883. The lowest BCUT2D eigenvalue weighted by molar-refractivity contribution is 0.412. The second kappa shape index (κ2) is 5.85. The van der Waals surface area contributed by atoms with Gasteiger partial charge in [-0.05, 0) is 31.7 Å². The summed E-state index contributed by atoms with van der Waals surface area (Å²) in [5, 5.41) is 0. The van der Waals surface area contributed by atoms with Crippen molar-refractivity contribution < 1.29 is 8.42 Å². The molecule has 0 atom stereocenters. The third-order valence-electron chi connectivity index (χ3n) is 3.59. The van der Waals surface area contributed by atoms with Crippen LogP contribution in [0, 0.1) is 5.92 Å². The van der Waals surface area contributed by atoms with E-state index in [2.05, 4.69) is 0 Å². The highest BCUT2D eigenvalue weighted by Crippen LogP contribution is 2.31. The Morgan fingerprint density at radius 2 is 2.11 bits per heavy atom. The average molecular weight is 305 g/mol. The van der Waals surface area contributed by atoms with Gasteiger partial charge in [0.1, 0.15) is 4.90 Å². The fourth-order valence-corrected chi connectivity index (χ4v) is 4.03. The van der Waals surface area contributed by atoms with E-state index in [1.54, 1.807) is 16.6 Å². The molecule has 1 aliphatic carbocycles. The molecule has 0 aliphatic heterocycles. The zero-order valence-electron chi connectivity index (χ0n) is 11.5. The summed E-state index contributed by atoms with van der Waals surface area (Å²) in [7, 11) is -3.37. The Morgan fingerprint density at radius 1 is 1.42 bits per heavy atom. The maximum absolute atomic E-state index is 12.6. The monoisotopic (exact) mass is 304 g/mol. The third-order valence-corrected chi connectivity index (χ3v) is 5.77. The van der Waals surface area contributed by atoms with Gasteiger partial charge in [-0.15, -0.1) is 11.6 Å². The van der Waals surface area contributed by atoms with Gasteiger partial charge in [0, 0.05) is 31.5 Å². The number of sulfonamides is 1. The fraction of sp³-hybridized carbons (Fsp3) is 0.692. The molecule has 4 nitrogen and oxygen atoms in total. The number of nitrogens with zero attached hydrogens (tertiary/aromatic N) is 2. The Morgan fingerprint density at radius 3 is 2.53 bits per heavy atom. The summed E-state index contributed by atoms with van der Waals surface area (Å²) in [6, 6.07) is 1.70. The number of hydrogen-bond acceptors (Lipinski definition) is 2. The summed E-state index contributed by atoms with van der Waals surface area (Å²) in [6.45, 7) is 5.76. The van der Waals surface area contributed by atoms with Crippen molar-refractivity contribution >= 4 is 21.6 Å². The molecular formula is C13H21ClN2O2S. The van der Waals surface area contributed by atoms with Crippen LogP contribution in [0.5, 0.6) is 0 Å². The molecule has 0 N–H and O–H groups in total. The van der Waals surface area contributed by atoms with Crippen LogP contribution in [-0.2, 0) is 22.4 Å². The Balaban J connectivity index is 2.28. The normalized spacial score (nSPS) is 16.2. The molecule has 0 amide bonds. The van der Waals surface area contributed by atoms with Gasteiger partial charge in [-0.25, -0.2) is 8.42 Å². The number of hydrogen-bond donors (Lipinski definition) is 0. The Hall–Kier alpha value is -0.520. The minimum Gasteiger partial charge on any atom is -0.349 e. The van der Waals surface area contributed by atoms with E-state index in [-0.39, 0.29) is 0 Å². The van der Waals surface area contributed by atoms with E-state index >= 15 is 0 Å². The molecule has 6 heteroatoms. The van der Waals surface area contributed by atoms with Gasteiger partial charge in [0.05, 0.1) is 5.88 Å². The summed E-state index contributed by atoms with van der Waals surface area (Å²) < 4.78 is 28.7. The van der Waals surface area contributed by atoms with Crippen molar-refractivity contribution in [1.82, 2.24) is 8.87 Å². The maximum Gasteiger partial charge on any atom is 0.244 e. The van der Waals surface area contributed by atoms with Crippen molar-refractivity contribution in [1.29, 1.82) is 0 Å². The van der Waals surface area contributed by atoms with E-state index in [1.807, 2.05) is 18.4 Å². The standard InChI is InChI=1S/C13H21ClN2O2S/c1-3-15-10-13(7-12(15)8-14)19(17,18)16(4-2)9-11-5-6-11/h7,10-11H,3-6,8-9H2,1-2H3. The summed E-state index contributed by atoms with van der Waals surface area (Å²) in [4.78, 5) is 0.368. The van der Waals surface area contributed by atoms with Gasteiger partial charge in [0.2, 0.25) is 10.0 Å². The Labute approximate surface area is 120 Å². The van der Waals surface area contributed by atoms with Gasteiger partial charge in [-0.1, -0.05) is 6.92 Å². The first-order chi connectivity index (χ1) is 9.02. The minimum absolute atomic E-state index is 0.331. The van der Waals surface area contributed by atoms with Crippen LogP contribution in [-0.4, -0.2) is 30.4 Å². The largest absolute Gasteiger partial charge is 0.349 e. The van der Waals surface area contributed by atoms with Crippen molar-refractivity contribution in [2.24, 2.45) is 5.92 Å². The Bertz CT molecular complexity index is 513. The molecule has 0 aromatic carbocycles. The first kappa shape index (κ1) is 14.9. The number of rotatable bonds is 7. The zero-order valence-corrected chi connectivity index (χ0v) is 13.0. The highest BCUT2D eigenvalue weighted by atomic mass is 35.5. The average Bonchev–Trinajstić information content (AvgIpc) is 3.11. The van der Waals surface area contributed by atoms with Crippen LogP contribution in [0.1, 0.15) is 32.4 Å². The van der Waals surface area contributed by atoms with Gasteiger partial charge in [0.15, 0.2) is 0 Å². The van der Waals surface area contributed by atoms with Crippen LogP contribution in [0.2, 0.25) is 0 Å². The van der Waals surface area contributed by atoms with Crippen LogP contribution in [0.4, 0.5) is 0 Å². The maximum atomic E-state index is 12.6. The topological polar surface area (TPSA) is 42.3 Å². The molecule has 108 valence electrons. The zero-order chi connectivity index (χ0) is 14.0. The predicted molar refractivity (Wildman–Crippen MR) is 76.8 cm³/mol. The van der Waals surface area contributed by atoms with E-state index in [9.17, 15) is 8.42 Å². The lowest BCUT2D eigenvalue weighted by Crippen LogP contribution is -2.32. The van der Waals surface area contributed by atoms with Crippen LogP contribution in [0.25, 0.3) is 0 Å². The number of aryl methyl sites for hydroxylation is 1. The molecule has 1 saturated carbocycles. The Kier molecular flexibility index (Phi) is 4.58. The van der Waals surface area contributed by atoms with Gasteiger partial charge >= 0.3 is 0 Å². The fourth-order valence-electron chi connectivity index (χ4n) is 2.21. The van der Waals surface area contributed by atoms with Crippen LogP contribution < -0.4 is 0 Å². The number of aromatic nitrogens is 1. The first-order valence-corrected chi connectivity index (χ1v) is 8.75. The van der Waals surface area contributed by atoms with E-state index in [1.165, 1.54) is 0 Å². The molecule has 0 spiro atoms. The lowest BCUT2D eigenvalue weighted by Gasteiger charge is -2.19. The molecule has 1 aromatic rings. The summed E-state index contributed by atoms with van der Waals surface area (Å²) in [5.41, 5.74) is 0.852. The predicted octanol–water partition coefficient (Wildman–Crippen LogP) is 2.67. The molecule has 0 unspecified atom stereocenters. The molecule has 1 aliphatic rings. The van der Waals surface area contributed by atoms with Crippen molar-refractivity contribution in [3.63, 3.8) is 0 Å². The highest BCUT2D eigenvalue weighted by Gasteiger charge is 2.31. The van der Waals surface area contributed by atoms with Crippen molar-refractivity contribution in [3.05, 3.63) is 18.0 Å². The van der Waals surface area contributed by atoms with Crippen molar-refractivity contribution in [2.45, 2.75) is 44.0 Å². The van der Waals surface area contributed by atoms with Crippen molar-refractivity contribution in [3.8, 4) is 0 Å². The van der Waals surface area contributed by atoms with Crippen molar-refractivity contribution in [2.75, 3.05) is 13.1 Å².